The normalized spacial score (nSPS) is 24.1. The van der Waals surface area contributed by atoms with E-state index in [1.54, 1.807) is 0 Å². The molecule has 0 aromatic carbocycles. The van der Waals surface area contributed by atoms with Crippen molar-refractivity contribution in [2.45, 2.75) is 12.7 Å². The summed E-state index contributed by atoms with van der Waals surface area (Å²) in [6.07, 6.45) is 9.65. The molecule has 1 aliphatic rings. The molecule has 0 saturated heterocycles. The fourth-order valence-corrected chi connectivity index (χ4v) is 0.749. The van der Waals surface area contributed by atoms with Gasteiger partial charge in [0.25, 0.3) is 0 Å². The number of hydrogen-bond donors (Lipinski definition) is 0. The summed E-state index contributed by atoms with van der Waals surface area (Å²) in [5, 5.41) is 0. The summed E-state index contributed by atoms with van der Waals surface area (Å²) in [4.78, 5) is 0. The Bertz CT molecular complexity index is 155. The quantitative estimate of drug-likeness (QED) is 0.417. The van der Waals surface area contributed by atoms with Gasteiger partial charge >= 0.3 is 0 Å². The van der Waals surface area contributed by atoms with Crippen LogP contribution >= 0.6 is 0 Å². The SMILES string of the molecule is C#CCO[C@H]1C=CCCO1. The second-order valence-electron chi connectivity index (χ2n) is 1.97. The minimum atomic E-state index is -0.218. The average Bonchev–Trinajstić information content (AvgIpc) is 2.03. The summed E-state index contributed by atoms with van der Waals surface area (Å²) in [7, 11) is 0. The number of terminal acetylenes is 1. The van der Waals surface area contributed by atoms with Crippen molar-refractivity contribution in [2.75, 3.05) is 13.2 Å². The van der Waals surface area contributed by atoms with Gasteiger partial charge in [0.15, 0.2) is 6.29 Å². The molecule has 54 valence electrons. The van der Waals surface area contributed by atoms with Crippen LogP contribution in [0.3, 0.4) is 0 Å². The molecule has 0 radical (unpaired) electrons. The lowest BCUT2D eigenvalue weighted by atomic mass is 10.3. The summed E-state index contributed by atoms with van der Waals surface area (Å²) in [6, 6.07) is 0. The summed E-state index contributed by atoms with van der Waals surface area (Å²) in [5.74, 6) is 2.38. The van der Waals surface area contributed by atoms with Crippen molar-refractivity contribution in [3.05, 3.63) is 12.2 Å². The van der Waals surface area contributed by atoms with Crippen LogP contribution in [0.5, 0.6) is 0 Å². The summed E-state index contributed by atoms with van der Waals surface area (Å²) < 4.78 is 10.3. The van der Waals surface area contributed by atoms with Gasteiger partial charge in [-0.2, -0.15) is 0 Å². The fraction of sp³-hybridized carbons (Fsp3) is 0.500. The van der Waals surface area contributed by atoms with Gasteiger partial charge in [0.05, 0.1) is 6.61 Å². The molecule has 2 nitrogen and oxygen atoms in total. The third-order valence-electron chi connectivity index (χ3n) is 1.19. The zero-order valence-corrected chi connectivity index (χ0v) is 5.75. The van der Waals surface area contributed by atoms with E-state index in [-0.39, 0.29) is 6.29 Å². The van der Waals surface area contributed by atoms with Gasteiger partial charge in [-0.1, -0.05) is 12.0 Å². The summed E-state index contributed by atoms with van der Waals surface area (Å²) in [6.45, 7) is 1.04. The Morgan fingerprint density at radius 2 is 2.70 bits per heavy atom. The molecule has 1 atom stereocenters. The van der Waals surface area contributed by atoms with Gasteiger partial charge in [-0.25, -0.2) is 0 Å². The number of hydrogen-bond acceptors (Lipinski definition) is 2. The van der Waals surface area contributed by atoms with E-state index in [1.807, 2.05) is 12.2 Å². The van der Waals surface area contributed by atoms with Gasteiger partial charge < -0.3 is 9.47 Å². The minimum absolute atomic E-state index is 0.218. The summed E-state index contributed by atoms with van der Waals surface area (Å²) in [5.41, 5.74) is 0. The van der Waals surface area contributed by atoms with Crippen molar-refractivity contribution >= 4 is 0 Å². The molecule has 0 N–H and O–H groups in total. The Labute approximate surface area is 60.8 Å². The molecule has 0 saturated carbocycles. The highest BCUT2D eigenvalue weighted by Crippen LogP contribution is 2.04. The van der Waals surface area contributed by atoms with Crippen LogP contribution in [0.1, 0.15) is 6.42 Å². The first-order chi connectivity index (χ1) is 4.93. The lowest BCUT2D eigenvalue weighted by Crippen LogP contribution is -2.18. The highest BCUT2D eigenvalue weighted by molar-refractivity contribution is 4.90. The molecule has 0 fully saturated rings. The molecule has 1 heterocycles. The molecule has 0 aromatic heterocycles. The molecule has 0 aliphatic carbocycles. The fourth-order valence-electron chi connectivity index (χ4n) is 0.749. The van der Waals surface area contributed by atoms with E-state index in [2.05, 4.69) is 5.92 Å². The largest absolute Gasteiger partial charge is 0.349 e. The van der Waals surface area contributed by atoms with Crippen molar-refractivity contribution in [2.24, 2.45) is 0 Å². The van der Waals surface area contributed by atoms with Crippen LogP contribution in [0.4, 0.5) is 0 Å². The molecule has 0 unspecified atom stereocenters. The molecule has 0 amide bonds. The van der Waals surface area contributed by atoms with Gasteiger partial charge in [0.2, 0.25) is 0 Å². The van der Waals surface area contributed by atoms with Crippen LogP contribution in [-0.2, 0) is 9.47 Å². The molecule has 0 spiro atoms. The maximum absolute atomic E-state index is 5.18. The predicted octanol–water partition coefficient (Wildman–Crippen LogP) is 0.939. The highest BCUT2D eigenvalue weighted by Gasteiger charge is 2.06. The van der Waals surface area contributed by atoms with E-state index >= 15 is 0 Å². The second kappa shape index (κ2) is 4.10. The smallest absolute Gasteiger partial charge is 0.178 e. The lowest BCUT2D eigenvalue weighted by Gasteiger charge is -2.16. The Hall–Kier alpha value is -0.780. The van der Waals surface area contributed by atoms with Crippen LogP contribution in [-0.4, -0.2) is 19.5 Å². The highest BCUT2D eigenvalue weighted by atomic mass is 16.7. The van der Waals surface area contributed by atoms with Crippen LogP contribution < -0.4 is 0 Å². The topological polar surface area (TPSA) is 18.5 Å². The van der Waals surface area contributed by atoms with Gasteiger partial charge in [-0.15, -0.1) is 6.42 Å². The van der Waals surface area contributed by atoms with Gasteiger partial charge in [-0.3, -0.25) is 0 Å². The minimum Gasteiger partial charge on any atom is -0.349 e. The van der Waals surface area contributed by atoms with E-state index < -0.39 is 0 Å². The first-order valence-electron chi connectivity index (χ1n) is 3.27. The standard InChI is InChI=1S/C8H10O2/c1-2-6-9-8-5-3-4-7-10-8/h1,3,5,8H,4,6-7H2/t8-/m1/s1. The van der Waals surface area contributed by atoms with Crippen LogP contribution in [0.15, 0.2) is 12.2 Å². The molecule has 0 bridgehead atoms. The zero-order valence-electron chi connectivity index (χ0n) is 5.75. The number of ether oxygens (including phenoxy) is 2. The Kier molecular flexibility index (Phi) is 3.01. The van der Waals surface area contributed by atoms with E-state index in [9.17, 15) is 0 Å². The molecule has 0 aromatic rings. The van der Waals surface area contributed by atoms with E-state index in [0.717, 1.165) is 13.0 Å². The Morgan fingerprint density at radius 3 is 3.30 bits per heavy atom. The first kappa shape index (κ1) is 7.33. The van der Waals surface area contributed by atoms with Crippen LogP contribution in [0, 0.1) is 12.3 Å². The van der Waals surface area contributed by atoms with Gasteiger partial charge in [0.1, 0.15) is 6.61 Å². The maximum atomic E-state index is 5.18. The van der Waals surface area contributed by atoms with Gasteiger partial charge in [0, 0.05) is 0 Å². The molecule has 1 aliphatic heterocycles. The Balaban J connectivity index is 2.21. The third kappa shape index (κ3) is 2.22. The molecular weight excluding hydrogens is 128 g/mol. The maximum Gasteiger partial charge on any atom is 0.178 e. The van der Waals surface area contributed by atoms with Crippen LogP contribution in [0.2, 0.25) is 0 Å². The van der Waals surface area contributed by atoms with Crippen molar-refractivity contribution < 1.29 is 9.47 Å². The zero-order chi connectivity index (χ0) is 7.23. The Morgan fingerprint density at radius 1 is 1.80 bits per heavy atom. The van der Waals surface area contributed by atoms with E-state index in [0.29, 0.717) is 6.61 Å². The van der Waals surface area contributed by atoms with E-state index in [4.69, 9.17) is 15.9 Å². The van der Waals surface area contributed by atoms with Crippen molar-refractivity contribution in [1.82, 2.24) is 0 Å². The third-order valence-corrected chi connectivity index (χ3v) is 1.19. The monoisotopic (exact) mass is 138 g/mol. The number of rotatable bonds is 2. The van der Waals surface area contributed by atoms with Crippen molar-refractivity contribution in [3.8, 4) is 12.3 Å². The molecular formula is C8H10O2. The van der Waals surface area contributed by atoms with Gasteiger partial charge in [-0.05, 0) is 12.5 Å². The molecule has 2 heteroatoms. The summed E-state index contributed by atoms with van der Waals surface area (Å²) >= 11 is 0. The molecule has 10 heavy (non-hydrogen) atoms. The lowest BCUT2D eigenvalue weighted by molar-refractivity contribution is -0.105. The van der Waals surface area contributed by atoms with Crippen LogP contribution in [0.25, 0.3) is 0 Å². The average molecular weight is 138 g/mol. The van der Waals surface area contributed by atoms with Crippen molar-refractivity contribution in [1.29, 1.82) is 0 Å². The first-order valence-corrected chi connectivity index (χ1v) is 3.27. The predicted molar refractivity (Wildman–Crippen MR) is 38.3 cm³/mol. The second-order valence-corrected chi connectivity index (χ2v) is 1.97. The molecule has 1 rings (SSSR count). The van der Waals surface area contributed by atoms with Crippen molar-refractivity contribution in [3.63, 3.8) is 0 Å². The van der Waals surface area contributed by atoms with E-state index in [1.165, 1.54) is 0 Å².